The average Bonchev–Trinajstić information content (AvgIpc) is 2.14. The van der Waals surface area contributed by atoms with Crippen molar-refractivity contribution in [3.63, 3.8) is 0 Å². The topological polar surface area (TPSA) is 56.0 Å². The van der Waals surface area contributed by atoms with Gasteiger partial charge in [0, 0.05) is 6.07 Å². The molecule has 0 atom stereocenters. The van der Waals surface area contributed by atoms with Gasteiger partial charge in [-0.3, -0.25) is 10.1 Å². The second kappa shape index (κ2) is 4.63. The zero-order valence-electron chi connectivity index (χ0n) is 7.52. The van der Waals surface area contributed by atoms with Gasteiger partial charge in [-0.1, -0.05) is 5.92 Å². The summed E-state index contributed by atoms with van der Waals surface area (Å²) in [5, 5.41) is 10.5. The summed E-state index contributed by atoms with van der Waals surface area (Å²) in [7, 11) is 0. The lowest BCUT2D eigenvalue weighted by atomic mass is 10.3. The van der Waals surface area contributed by atoms with Crippen LogP contribution in [0.15, 0.2) is 12.1 Å². The number of pyridine rings is 1. The molecule has 0 saturated heterocycles. The molecule has 5 heteroatoms. The van der Waals surface area contributed by atoms with Crippen molar-refractivity contribution in [2.75, 3.05) is 5.75 Å². The molecule has 14 heavy (non-hydrogen) atoms. The Morgan fingerprint density at radius 1 is 1.64 bits per heavy atom. The predicted molar refractivity (Wildman–Crippen MR) is 56.4 cm³/mol. The van der Waals surface area contributed by atoms with E-state index in [0.29, 0.717) is 17.1 Å². The molecule has 0 saturated carbocycles. The lowest BCUT2D eigenvalue weighted by Gasteiger charge is -1.95. The second-order valence-electron chi connectivity index (χ2n) is 2.52. The zero-order valence-corrected chi connectivity index (χ0v) is 8.41. The molecule has 0 radical (unpaired) electrons. The minimum absolute atomic E-state index is 0.0152. The maximum absolute atomic E-state index is 10.5. The SMILES string of the molecule is Cc1nc(C#CCS)ccc1[N+](=O)[O-]. The molecule has 0 amide bonds. The van der Waals surface area contributed by atoms with Crippen molar-refractivity contribution in [3.05, 3.63) is 33.6 Å². The Morgan fingerprint density at radius 2 is 2.36 bits per heavy atom. The lowest BCUT2D eigenvalue weighted by Crippen LogP contribution is -1.95. The highest BCUT2D eigenvalue weighted by molar-refractivity contribution is 7.80. The highest BCUT2D eigenvalue weighted by Crippen LogP contribution is 2.14. The van der Waals surface area contributed by atoms with E-state index in [4.69, 9.17) is 0 Å². The molecule has 4 nitrogen and oxygen atoms in total. The molecule has 0 N–H and O–H groups in total. The van der Waals surface area contributed by atoms with E-state index in [1.165, 1.54) is 12.1 Å². The third kappa shape index (κ3) is 2.47. The molecule has 0 bridgehead atoms. The molecular weight excluding hydrogens is 200 g/mol. The van der Waals surface area contributed by atoms with Crippen LogP contribution in [-0.4, -0.2) is 15.7 Å². The molecule has 1 rings (SSSR count). The summed E-state index contributed by atoms with van der Waals surface area (Å²) in [5.41, 5.74) is 0.921. The van der Waals surface area contributed by atoms with Crippen molar-refractivity contribution in [3.8, 4) is 11.8 Å². The maximum Gasteiger partial charge on any atom is 0.290 e. The van der Waals surface area contributed by atoms with Gasteiger partial charge >= 0.3 is 0 Å². The van der Waals surface area contributed by atoms with Gasteiger partial charge in [-0.15, -0.1) is 0 Å². The summed E-state index contributed by atoms with van der Waals surface area (Å²) >= 11 is 3.92. The van der Waals surface area contributed by atoms with Gasteiger partial charge in [-0.2, -0.15) is 12.6 Å². The molecule has 0 fully saturated rings. The molecule has 1 aromatic rings. The van der Waals surface area contributed by atoms with E-state index in [0.717, 1.165) is 0 Å². The molecule has 0 unspecified atom stereocenters. The number of rotatable bonds is 1. The van der Waals surface area contributed by atoms with Gasteiger partial charge in [0.2, 0.25) is 0 Å². The lowest BCUT2D eigenvalue weighted by molar-refractivity contribution is -0.385. The first kappa shape index (κ1) is 10.5. The van der Waals surface area contributed by atoms with Crippen LogP contribution >= 0.6 is 12.6 Å². The van der Waals surface area contributed by atoms with E-state index in [9.17, 15) is 10.1 Å². The molecule has 1 heterocycles. The van der Waals surface area contributed by atoms with Gasteiger partial charge in [0.15, 0.2) is 0 Å². The second-order valence-corrected chi connectivity index (χ2v) is 2.83. The van der Waals surface area contributed by atoms with Crippen LogP contribution in [0.1, 0.15) is 11.4 Å². The van der Waals surface area contributed by atoms with E-state index >= 15 is 0 Å². The minimum atomic E-state index is -0.460. The number of aromatic nitrogens is 1. The van der Waals surface area contributed by atoms with Gasteiger partial charge in [-0.05, 0) is 18.9 Å². The third-order valence-electron chi connectivity index (χ3n) is 1.55. The minimum Gasteiger partial charge on any atom is -0.258 e. The van der Waals surface area contributed by atoms with Crippen LogP contribution in [0.2, 0.25) is 0 Å². The van der Waals surface area contributed by atoms with E-state index in [1.54, 1.807) is 6.92 Å². The van der Waals surface area contributed by atoms with Crippen molar-refractivity contribution < 1.29 is 4.92 Å². The highest BCUT2D eigenvalue weighted by atomic mass is 32.1. The van der Waals surface area contributed by atoms with Crippen LogP contribution in [0.5, 0.6) is 0 Å². The van der Waals surface area contributed by atoms with Crippen molar-refractivity contribution >= 4 is 18.3 Å². The molecule has 0 spiro atoms. The summed E-state index contributed by atoms with van der Waals surface area (Å²) in [6.07, 6.45) is 0. The first-order valence-corrected chi connectivity index (χ1v) is 4.50. The van der Waals surface area contributed by atoms with Crippen molar-refractivity contribution in [1.29, 1.82) is 0 Å². The average molecular weight is 208 g/mol. The number of nitro groups is 1. The monoisotopic (exact) mass is 208 g/mol. The first-order chi connectivity index (χ1) is 6.65. The van der Waals surface area contributed by atoms with Crippen LogP contribution in [0, 0.1) is 28.9 Å². The van der Waals surface area contributed by atoms with Gasteiger partial charge < -0.3 is 0 Å². The Hall–Kier alpha value is -1.54. The Labute approximate surface area is 86.9 Å². The Balaban J connectivity index is 3.06. The number of nitrogens with zero attached hydrogens (tertiary/aromatic N) is 2. The first-order valence-electron chi connectivity index (χ1n) is 3.87. The van der Waals surface area contributed by atoms with E-state index in [1.807, 2.05) is 0 Å². The van der Waals surface area contributed by atoms with Gasteiger partial charge in [0.1, 0.15) is 11.4 Å². The largest absolute Gasteiger partial charge is 0.290 e. The van der Waals surface area contributed by atoms with Gasteiger partial charge in [-0.25, -0.2) is 4.98 Å². The van der Waals surface area contributed by atoms with E-state index in [-0.39, 0.29) is 5.69 Å². The summed E-state index contributed by atoms with van der Waals surface area (Å²) in [6, 6.07) is 2.94. The number of aryl methyl sites for hydroxylation is 1. The summed E-state index contributed by atoms with van der Waals surface area (Å²) in [6.45, 7) is 1.59. The van der Waals surface area contributed by atoms with Gasteiger partial charge in [0.05, 0.1) is 10.7 Å². The standard InChI is InChI=1S/C9H8N2O2S/c1-7-9(11(12)13)5-4-8(10-7)3-2-6-14/h4-5,14H,6H2,1H3. The van der Waals surface area contributed by atoms with Crippen LogP contribution < -0.4 is 0 Å². The predicted octanol–water partition coefficient (Wildman–Crippen LogP) is 1.58. The summed E-state index contributed by atoms with van der Waals surface area (Å²) in [5.74, 6) is 5.91. The molecule has 0 aromatic carbocycles. The fourth-order valence-electron chi connectivity index (χ4n) is 0.946. The summed E-state index contributed by atoms with van der Waals surface area (Å²) in [4.78, 5) is 14.0. The molecular formula is C9H8N2O2S. The van der Waals surface area contributed by atoms with Crippen LogP contribution in [0.3, 0.4) is 0 Å². The Bertz CT molecular complexity index is 421. The molecule has 0 aliphatic rings. The Morgan fingerprint density at radius 3 is 2.86 bits per heavy atom. The Kier molecular flexibility index (Phi) is 3.48. The summed E-state index contributed by atoms with van der Waals surface area (Å²) < 4.78 is 0. The van der Waals surface area contributed by atoms with Crippen molar-refractivity contribution in [2.24, 2.45) is 0 Å². The molecule has 1 aromatic heterocycles. The quantitative estimate of drug-likeness (QED) is 0.330. The smallest absolute Gasteiger partial charge is 0.258 e. The normalized spacial score (nSPS) is 9.00. The van der Waals surface area contributed by atoms with Crippen LogP contribution in [0.25, 0.3) is 0 Å². The van der Waals surface area contributed by atoms with Crippen molar-refractivity contribution in [2.45, 2.75) is 6.92 Å². The highest BCUT2D eigenvalue weighted by Gasteiger charge is 2.10. The maximum atomic E-state index is 10.5. The number of thiol groups is 1. The molecule has 72 valence electrons. The van der Waals surface area contributed by atoms with Crippen molar-refractivity contribution in [1.82, 2.24) is 4.98 Å². The fraction of sp³-hybridized carbons (Fsp3) is 0.222. The number of hydrogen-bond donors (Lipinski definition) is 1. The number of hydrogen-bond acceptors (Lipinski definition) is 4. The van der Waals surface area contributed by atoms with Gasteiger partial charge in [0.25, 0.3) is 5.69 Å². The van der Waals surface area contributed by atoms with Crippen LogP contribution in [0.4, 0.5) is 5.69 Å². The third-order valence-corrected chi connectivity index (χ3v) is 1.71. The van der Waals surface area contributed by atoms with E-state index < -0.39 is 4.92 Å². The fourth-order valence-corrected chi connectivity index (χ4v) is 1.03. The van der Waals surface area contributed by atoms with E-state index in [2.05, 4.69) is 29.5 Å². The van der Waals surface area contributed by atoms with Crippen LogP contribution in [-0.2, 0) is 0 Å². The zero-order chi connectivity index (χ0) is 10.6. The molecule has 0 aliphatic heterocycles. The molecule has 0 aliphatic carbocycles.